The van der Waals surface area contributed by atoms with Gasteiger partial charge in [-0.1, -0.05) is 39.0 Å². The van der Waals surface area contributed by atoms with Crippen molar-refractivity contribution in [2.75, 3.05) is 17.7 Å². The Hall–Kier alpha value is -2.54. The van der Waals surface area contributed by atoms with Crippen molar-refractivity contribution in [3.8, 4) is 5.75 Å². The molecule has 0 saturated heterocycles. The van der Waals surface area contributed by atoms with Crippen LogP contribution in [0.5, 0.6) is 5.75 Å². The minimum absolute atomic E-state index is 0.317. The van der Waals surface area contributed by atoms with E-state index in [1.165, 1.54) is 15.4 Å². The summed E-state index contributed by atoms with van der Waals surface area (Å²) in [6.07, 6.45) is 3.25. The van der Waals surface area contributed by atoms with Gasteiger partial charge in [-0.2, -0.15) is 0 Å². The molecule has 0 radical (unpaired) electrons. The molecule has 0 aliphatic rings. The second-order valence-electron chi connectivity index (χ2n) is 7.21. The number of amides is 1. The molecule has 2 aromatic carbocycles. The molecule has 2 aromatic rings. The van der Waals surface area contributed by atoms with Crippen molar-refractivity contribution in [3.05, 3.63) is 59.2 Å². The Morgan fingerprint density at radius 2 is 1.70 bits per heavy atom. The van der Waals surface area contributed by atoms with Crippen LogP contribution in [-0.2, 0) is 34.2 Å². The molecule has 0 bridgehead atoms. The monoisotopic (exact) mass is 432 g/mol. The number of nitrogens with one attached hydrogen (secondary N) is 1. The van der Waals surface area contributed by atoms with Crippen molar-refractivity contribution in [2.24, 2.45) is 0 Å². The van der Waals surface area contributed by atoms with E-state index < -0.39 is 16.1 Å². The Labute approximate surface area is 180 Å². The Kier molecular flexibility index (Phi) is 8.29. The molecule has 0 heterocycles. The van der Waals surface area contributed by atoms with Crippen LogP contribution in [0.25, 0.3) is 0 Å². The SMILES string of the molecule is CCc1ccc(CC)c(CNC(=O)C(CC)N(c2ccc(OC)cc2)S(C)(=O)=O)c1. The van der Waals surface area contributed by atoms with Crippen LogP contribution in [-0.4, -0.2) is 33.7 Å². The lowest BCUT2D eigenvalue weighted by Crippen LogP contribution is -2.49. The maximum atomic E-state index is 13.0. The van der Waals surface area contributed by atoms with Crippen LogP contribution in [0.4, 0.5) is 5.69 Å². The van der Waals surface area contributed by atoms with E-state index in [9.17, 15) is 13.2 Å². The molecular weight excluding hydrogens is 400 g/mol. The zero-order chi connectivity index (χ0) is 22.3. The molecule has 1 amide bonds. The van der Waals surface area contributed by atoms with Gasteiger partial charge >= 0.3 is 0 Å². The lowest BCUT2D eigenvalue weighted by atomic mass is 10.0. The fourth-order valence-corrected chi connectivity index (χ4v) is 4.71. The Bertz CT molecular complexity index is 956. The largest absolute Gasteiger partial charge is 0.497 e. The number of rotatable bonds is 10. The molecule has 30 heavy (non-hydrogen) atoms. The molecule has 164 valence electrons. The normalized spacial score (nSPS) is 12.3. The molecular formula is C23H32N2O4S. The summed E-state index contributed by atoms with van der Waals surface area (Å²) in [6.45, 7) is 6.35. The number of anilines is 1. The van der Waals surface area contributed by atoms with E-state index in [0.717, 1.165) is 24.7 Å². The third kappa shape index (κ3) is 5.75. The molecule has 6 nitrogen and oxygen atoms in total. The van der Waals surface area contributed by atoms with Crippen LogP contribution >= 0.6 is 0 Å². The van der Waals surface area contributed by atoms with Crippen LogP contribution in [0.3, 0.4) is 0 Å². The topological polar surface area (TPSA) is 75.7 Å². The first-order valence-electron chi connectivity index (χ1n) is 10.3. The fraction of sp³-hybridized carbons (Fsp3) is 0.435. The quantitative estimate of drug-likeness (QED) is 0.621. The third-order valence-electron chi connectivity index (χ3n) is 5.17. The molecule has 1 unspecified atom stereocenters. The predicted molar refractivity (Wildman–Crippen MR) is 121 cm³/mol. The van der Waals surface area contributed by atoms with Crippen LogP contribution < -0.4 is 14.4 Å². The summed E-state index contributed by atoms with van der Waals surface area (Å²) in [5.41, 5.74) is 3.88. The van der Waals surface area contributed by atoms with Gasteiger partial charge in [0.2, 0.25) is 15.9 Å². The Balaban J connectivity index is 2.28. The average molecular weight is 433 g/mol. The van der Waals surface area contributed by atoms with Crippen molar-refractivity contribution >= 4 is 21.6 Å². The van der Waals surface area contributed by atoms with Gasteiger partial charge in [-0.05, 0) is 60.2 Å². The maximum absolute atomic E-state index is 13.0. The average Bonchev–Trinajstić information content (AvgIpc) is 2.74. The van der Waals surface area contributed by atoms with Crippen LogP contribution in [0, 0.1) is 0 Å². The molecule has 7 heteroatoms. The van der Waals surface area contributed by atoms with Gasteiger partial charge < -0.3 is 10.1 Å². The van der Waals surface area contributed by atoms with Gasteiger partial charge in [0.15, 0.2) is 0 Å². The zero-order valence-electron chi connectivity index (χ0n) is 18.4. The summed E-state index contributed by atoms with van der Waals surface area (Å²) in [7, 11) is -2.12. The molecule has 0 fully saturated rings. The summed E-state index contributed by atoms with van der Waals surface area (Å²) in [6, 6.07) is 12.1. The number of aryl methyl sites for hydroxylation is 2. The van der Waals surface area contributed by atoms with E-state index in [1.54, 1.807) is 38.3 Å². The third-order valence-corrected chi connectivity index (χ3v) is 6.35. The lowest BCUT2D eigenvalue weighted by molar-refractivity contribution is -0.122. The lowest BCUT2D eigenvalue weighted by Gasteiger charge is -2.30. The molecule has 0 saturated carbocycles. The molecule has 2 rings (SSSR count). The fourth-order valence-electron chi connectivity index (χ4n) is 3.50. The van der Waals surface area contributed by atoms with Crippen molar-refractivity contribution in [1.82, 2.24) is 5.32 Å². The molecule has 0 aliphatic heterocycles. The minimum atomic E-state index is -3.67. The standard InChI is InChI=1S/C23H32N2O4S/c1-6-17-9-10-18(7-2)19(15-17)16-24-23(26)22(8-3)25(30(5,27)28)20-11-13-21(29-4)14-12-20/h9-15,22H,6-8,16H2,1-5H3,(H,24,26). The van der Waals surface area contributed by atoms with Crippen molar-refractivity contribution in [2.45, 2.75) is 52.6 Å². The van der Waals surface area contributed by atoms with Gasteiger partial charge in [0.05, 0.1) is 19.1 Å². The van der Waals surface area contributed by atoms with Gasteiger partial charge in [0.25, 0.3) is 0 Å². The van der Waals surface area contributed by atoms with E-state index >= 15 is 0 Å². The molecule has 1 N–H and O–H groups in total. The van der Waals surface area contributed by atoms with E-state index in [0.29, 0.717) is 24.4 Å². The highest BCUT2D eigenvalue weighted by Gasteiger charge is 2.31. The van der Waals surface area contributed by atoms with Crippen LogP contribution in [0.1, 0.15) is 43.9 Å². The van der Waals surface area contributed by atoms with Crippen molar-refractivity contribution in [1.29, 1.82) is 0 Å². The van der Waals surface area contributed by atoms with Crippen LogP contribution in [0.15, 0.2) is 42.5 Å². The highest BCUT2D eigenvalue weighted by molar-refractivity contribution is 7.92. The van der Waals surface area contributed by atoms with E-state index in [-0.39, 0.29) is 5.91 Å². The van der Waals surface area contributed by atoms with E-state index in [2.05, 4.69) is 37.4 Å². The molecule has 0 aromatic heterocycles. The number of sulfonamides is 1. The number of ether oxygens (including phenoxy) is 1. The Morgan fingerprint density at radius 3 is 2.20 bits per heavy atom. The van der Waals surface area contributed by atoms with E-state index in [1.807, 2.05) is 0 Å². The first-order chi connectivity index (χ1) is 14.2. The molecule has 0 spiro atoms. The summed E-state index contributed by atoms with van der Waals surface area (Å²) >= 11 is 0. The van der Waals surface area contributed by atoms with Crippen LogP contribution in [0.2, 0.25) is 0 Å². The minimum Gasteiger partial charge on any atom is -0.497 e. The smallest absolute Gasteiger partial charge is 0.244 e. The van der Waals surface area contributed by atoms with Gasteiger partial charge in [0.1, 0.15) is 11.8 Å². The second kappa shape index (κ2) is 10.5. The number of methoxy groups -OCH3 is 1. The highest BCUT2D eigenvalue weighted by atomic mass is 32.2. The van der Waals surface area contributed by atoms with Crippen molar-refractivity contribution in [3.63, 3.8) is 0 Å². The summed E-state index contributed by atoms with van der Waals surface area (Å²) in [5, 5.41) is 2.95. The molecule has 0 aliphatic carbocycles. The van der Waals surface area contributed by atoms with Crippen molar-refractivity contribution < 1.29 is 17.9 Å². The zero-order valence-corrected chi connectivity index (χ0v) is 19.3. The van der Waals surface area contributed by atoms with E-state index in [4.69, 9.17) is 4.74 Å². The summed E-state index contributed by atoms with van der Waals surface area (Å²) in [5.74, 6) is 0.301. The summed E-state index contributed by atoms with van der Waals surface area (Å²) in [4.78, 5) is 13.0. The first-order valence-corrected chi connectivity index (χ1v) is 12.1. The first kappa shape index (κ1) is 23.7. The number of carbonyl (C=O) groups excluding carboxylic acids is 1. The highest BCUT2D eigenvalue weighted by Crippen LogP contribution is 2.25. The second-order valence-corrected chi connectivity index (χ2v) is 9.07. The molecule has 1 atom stereocenters. The number of nitrogens with zero attached hydrogens (tertiary/aromatic N) is 1. The van der Waals surface area contributed by atoms with Gasteiger partial charge in [0, 0.05) is 6.54 Å². The predicted octanol–water partition coefficient (Wildman–Crippen LogP) is 3.68. The number of carbonyl (C=O) groups is 1. The Morgan fingerprint density at radius 1 is 1.03 bits per heavy atom. The number of benzene rings is 2. The number of hydrogen-bond donors (Lipinski definition) is 1. The van der Waals surface area contributed by atoms with Gasteiger partial charge in [-0.25, -0.2) is 8.42 Å². The summed E-state index contributed by atoms with van der Waals surface area (Å²) < 4.78 is 31.5. The van der Waals surface area contributed by atoms with Gasteiger partial charge in [-0.3, -0.25) is 9.10 Å². The maximum Gasteiger partial charge on any atom is 0.244 e. The number of hydrogen-bond acceptors (Lipinski definition) is 4. The van der Waals surface area contributed by atoms with Gasteiger partial charge in [-0.15, -0.1) is 0 Å².